The maximum Gasteiger partial charge on any atom is 0.364 e. The number of fused-ring (bicyclic) bond motifs is 14. The molecule has 4 aromatic carbocycles. The Morgan fingerprint density at radius 3 is 1.01 bits per heavy atom. The predicted octanol–water partition coefficient (Wildman–Crippen LogP) is 13.1. The van der Waals surface area contributed by atoms with Gasteiger partial charge in [0.15, 0.2) is 51.8 Å². The molecule has 0 saturated carbocycles. The molecule has 12 nitrogen and oxygen atoms in total. The van der Waals surface area contributed by atoms with Crippen LogP contribution in [0.2, 0.25) is 0 Å². The van der Waals surface area contributed by atoms with Crippen LogP contribution in [-0.4, -0.2) is 110 Å². The molecule has 0 aliphatic carbocycles. The smallest absolute Gasteiger partial charge is 0.364 e. The molecule has 26 heteroatoms. The lowest BCUT2D eigenvalue weighted by atomic mass is 10.00. The standard InChI is InChI=1S/C53H41F14N8O4/c1-72(2,3)44-35(60)29(54)25(30(55)36(44)61)21-17-13-14-19(68-17)23-27-33(58)39(64)46(74(7,8)9)41(66)48(27)77-51(23)71-52-24(28-34(59)40(65)47(75(10,11)12)42(67)49(28)78-52)20-16-15-18(69-20)22(50-70-43(21)53(76)79-50)26-31(56)37(62)45(73(4,5)6)38(63)32(26)57/h13-16H,1-12H3,(H-,68,69,70,71,76)/q+3/p+1. The van der Waals surface area contributed by atoms with E-state index in [-0.39, 0.29) is 0 Å². The highest BCUT2D eigenvalue weighted by atomic mass is 19.2. The molecule has 6 heterocycles. The molecule has 0 saturated heterocycles. The molecule has 412 valence electrons. The largest absolute Gasteiger partial charge is 0.434 e. The van der Waals surface area contributed by atoms with Crippen LogP contribution >= 0.6 is 0 Å². The van der Waals surface area contributed by atoms with E-state index >= 15 is 61.5 Å². The van der Waals surface area contributed by atoms with Crippen LogP contribution in [0.4, 0.5) is 84.2 Å². The molecule has 79 heavy (non-hydrogen) atoms. The number of aromatic nitrogens is 4. The van der Waals surface area contributed by atoms with Crippen LogP contribution in [0, 0.1) is 81.4 Å². The molecule has 2 N–H and O–H groups in total. The minimum Gasteiger partial charge on any atom is -0.434 e. The van der Waals surface area contributed by atoms with E-state index in [1.165, 1.54) is 42.3 Å². The molecule has 0 unspecified atom stereocenters. The molecule has 0 spiro atoms. The van der Waals surface area contributed by atoms with Gasteiger partial charge in [0.25, 0.3) is 0 Å². The Kier molecular flexibility index (Phi) is 12.0. The summed E-state index contributed by atoms with van der Waals surface area (Å²) in [5.74, 6) is -30.2. The van der Waals surface area contributed by atoms with Crippen molar-refractivity contribution in [3.8, 4) is 28.1 Å². The van der Waals surface area contributed by atoms with Crippen LogP contribution in [0.3, 0.4) is 0 Å². The van der Waals surface area contributed by atoms with Crippen molar-refractivity contribution in [2.24, 2.45) is 0 Å². The van der Waals surface area contributed by atoms with Gasteiger partial charge in [0.1, 0.15) is 0 Å². The first-order chi connectivity index (χ1) is 36.5. The Bertz CT molecular complexity index is 4360. The fourth-order valence-corrected chi connectivity index (χ4v) is 9.87. The summed E-state index contributed by atoms with van der Waals surface area (Å²) < 4.78 is 247. The van der Waals surface area contributed by atoms with Gasteiger partial charge in [-0.3, -0.25) is 17.9 Å². The van der Waals surface area contributed by atoms with Gasteiger partial charge in [-0.2, -0.15) is 40.1 Å². The van der Waals surface area contributed by atoms with Gasteiger partial charge in [0.2, 0.25) is 86.6 Å². The van der Waals surface area contributed by atoms with E-state index in [0.717, 1.165) is 66.6 Å². The fraction of sp³-hybridized carbons (Fsp3) is 0.226. The van der Waals surface area contributed by atoms with Gasteiger partial charge in [-0.05, 0) is 24.3 Å². The van der Waals surface area contributed by atoms with Crippen LogP contribution in [0.5, 0.6) is 5.88 Å². The van der Waals surface area contributed by atoms with Crippen molar-refractivity contribution in [3.63, 3.8) is 0 Å². The zero-order valence-electron chi connectivity index (χ0n) is 43.4. The molecule has 1 aliphatic rings. The maximum absolute atomic E-state index is 16.9. The van der Waals surface area contributed by atoms with Gasteiger partial charge in [0, 0.05) is 11.1 Å². The fourth-order valence-electron chi connectivity index (χ4n) is 9.87. The normalized spacial score (nSPS) is 13.3. The van der Waals surface area contributed by atoms with Gasteiger partial charge >= 0.3 is 5.97 Å². The Hall–Kier alpha value is -8.07. The summed E-state index contributed by atoms with van der Waals surface area (Å²) >= 11 is 0. The first kappa shape index (κ1) is 54.3. The number of furan rings is 2. The van der Waals surface area contributed by atoms with Gasteiger partial charge < -0.3 is 23.5 Å². The lowest BCUT2D eigenvalue weighted by Gasteiger charge is -2.25. The average Bonchev–Trinajstić information content (AvgIpc) is 4.23. The number of H-pyrrole nitrogens is 2. The molecule has 0 amide bonds. The summed E-state index contributed by atoms with van der Waals surface area (Å²) in [4.78, 5) is 27.8. The van der Waals surface area contributed by atoms with E-state index in [1.54, 1.807) is 0 Å². The van der Waals surface area contributed by atoms with E-state index in [1.807, 2.05) is 0 Å². The third kappa shape index (κ3) is 7.91. The number of esters is 1. The van der Waals surface area contributed by atoms with Crippen molar-refractivity contribution in [2.75, 3.05) is 84.6 Å². The van der Waals surface area contributed by atoms with Gasteiger partial charge in [0.05, 0.1) is 139 Å². The topological polar surface area (TPSA) is 110 Å². The first-order valence-corrected chi connectivity index (χ1v) is 23.3. The van der Waals surface area contributed by atoms with E-state index < -0.39 is 228 Å². The molecular formula is C53H42F14N8O4+4. The average molecular weight is 1120 g/mol. The summed E-state index contributed by atoms with van der Waals surface area (Å²) in [6.07, 6.45) is 0. The number of hydrogen-bond donors (Lipinski definition) is 2. The summed E-state index contributed by atoms with van der Waals surface area (Å²) in [5, 5.41) is -3.73. The zero-order valence-corrected chi connectivity index (χ0v) is 43.4. The van der Waals surface area contributed by atoms with E-state index in [9.17, 15) is 4.79 Å². The highest BCUT2D eigenvalue weighted by Gasteiger charge is 2.42. The summed E-state index contributed by atoms with van der Waals surface area (Å²) in [7, 11) is 14.4. The van der Waals surface area contributed by atoms with Gasteiger partial charge in [-0.15, -0.1) is 0 Å². The third-order valence-electron chi connectivity index (χ3n) is 13.2. The molecule has 0 fully saturated rings. The van der Waals surface area contributed by atoms with Gasteiger partial charge in [-0.25, -0.2) is 36.1 Å². The van der Waals surface area contributed by atoms with Crippen molar-refractivity contribution in [2.45, 2.75) is 0 Å². The molecule has 5 aromatic heterocycles. The SMILES string of the molecule is C[N+](C)(C)c1c(F)c(F)c(-c2c3nc(c(-c4c(F)c(F)c([N+](C)(C)C)c(F)c4F)c4ccc([nH]4)c4c(nc5oc6c(F)c([N+](C)(C)C)c(F)c(F)c6c5c5ccc2[nH]5)oc2c(F)c([N+](C)(C)C)c(F)c(F)c24)C(=O)O3)c(F)c1F. The first-order valence-electron chi connectivity index (χ1n) is 23.3. The zero-order chi connectivity index (χ0) is 58.1. The van der Waals surface area contributed by atoms with Gasteiger partial charge in [-0.1, -0.05) is 0 Å². The number of quaternary nitrogens is 4. The molecule has 9 aromatic rings. The Labute approximate surface area is 435 Å². The summed E-state index contributed by atoms with van der Waals surface area (Å²) in [6.45, 7) is 0. The highest BCUT2D eigenvalue weighted by molar-refractivity contribution is 6.16. The second kappa shape index (κ2) is 17.5. The van der Waals surface area contributed by atoms with E-state index in [0.29, 0.717) is 0 Å². The second-order valence-electron chi connectivity index (χ2n) is 22.2. The number of carbonyl (C=O) groups is 1. The number of hydrogen-bond acceptors (Lipinski definition) is 6. The number of benzene rings is 4. The number of carbonyl (C=O) groups excluding carboxylic acids is 1. The number of aromatic amines is 2. The minimum absolute atomic E-state index is 0.609. The van der Waals surface area contributed by atoms with Crippen molar-refractivity contribution < 1.29 is 79.8 Å². The number of nitrogens with zero attached hydrogens (tertiary/aromatic N) is 6. The van der Waals surface area contributed by atoms with E-state index in [4.69, 9.17) is 13.6 Å². The molecule has 0 atom stereocenters. The number of nitrogens with one attached hydrogen (secondary N) is 2. The van der Waals surface area contributed by atoms with Crippen LogP contribution in [0.1, 0.15) is 10.5 Å². The van der Waals surface area contributed by atoms with E-state index in [2.05, 4.69) is 19.9 Å². The number of halogens is 14. The molecule has 1 aliphatic heterocycles. The lowest BCUT2D eigenvalue weighted by Crippen LogP contribution is -2.37. The van der Waals surface area contributed by atoms with Crippen LogP contribution in [-0.2, 0) is 0 Å². The monoisotopic (exact) mass is 1120 g/mol. The molecular weight excluding hydrogens is 1080 g/mol. The number of rotatable bonds is 6. The Morgan fingerprint density at radius 2 is 0.658 bits per heavy atom. The second-order valence-corrected chi connectivity index (χ2v) is 22.2. The quantitative estimate of drug-likeness (QED) is 0.0743. The lowest BCUT2D eigenvalue weighted by molar-refractivity contribution is 0.0755. The van der Waals surface area contributed by atoms with Crippen molar-refractivity contribution in [3.05, 3.63) is 111 Å². The van der Waals surface area contributed by atoms with Crippen LogP contribution < -0.4 is 22.7 Å². The maximum atomic E-state index is 16.9. The molecule has 0 radical (unpaired) electrons. The van der Waals surface area contributed by atoms with Crippen LogP contribution in [0.15, 0.2) is 33.1 Å². The molecule has 6 bridgehead atoms. The van der Waals surface area contributed by atoms with Crippen molar-refractivity contribution >= 4 is 94.9 Å². The van der Waals surface area contributed by atoms with Crippen LogP contribution in [0.25, 0.3) is 88.5 Å². The molecule has 10 rings (SSSR count). The predicted molar refractivity (Wildman–Crippen MR) is 269 cm³/mol. The summed E-state index contributed by atoms with van der Waals surface area (Å²) in [5.41, 5.74) is -18.5. The van der Waals surface area contributed by atoms with Crippen molar-refractivity contribution in [1.29, 1.82) is 0 Å². The third-order valence-corrected chi connectivity index (χ3v) is 13.2. The number of ether oxygens (including phenoxy) is 1. The van der Waals surface area contributed by atoms with Crippen molar-refractivity contribution in [1.82, 2.24) is 37.9 Å². The summed E-state index contributed by atoms with van der Waals surface area (Å²) in [6, 6.07) is 3.48. The Morgan fingerprint density at radius 1 is 0.354 bits per heavy atom. The minimum atomic E-state index is -2.18. The Balaban J connectivity index is 1.55. The highest BCUT2D eigenvalue weighted by Crippen LogP contribution is 2.48.